The summed E-state index contributed by atoms with van der Waals surface area (Å²) in [6.07, 6.45) is 1.25. The summed E-state index contributed by atoms with van der Waals surface area (Å²) < 4.78 is 0. The monoisotopic (exact) mass is 239 g/mol. The van der Waals surface area contributed by atoms with Gasteiger partial charge in [0.25, 0.3) is 0 Å². The van der Waals surface area contributed by atoms with E-state index in [4.69, 9.17) is 0 Å². The van der Waals surface area contributed by atoms with Crippen LogP contribution in [0.2, 0.25) is 0 Å². The van der Waals surface area contributed by atoms with E-state index in [1.54, 1.807) is 0 Å². The lowest BCUT2D eigenvalue weighted by atomic mass is 10.1. The van der Waals surface area contributed by atoms with Crippen LogP contribution in [0.5, 0.6) is 0 Å². The topological polar surface area (TPSA) is 15.8 Å². The molecule has 0 saturated carbocycles. The molecule has 0 bridgehead atoms. The molecular weight excluding hydrogens is 218 g/mol. The third-order valence-electron chi connectivity index (χ3n) is 2.91. The van der Waals surface area contributed by atoms with E-state index < -0.39 is 0 Å². The van der Waals surface area contributed by atoms with Gasteiger partial charge >= 0.3 is 0 Å². The second-order valence-electron chi connectivity index (χ2n) is 4.93. The molecule has 94 valence electrons. The molecular formula is C17H21N. The standard InChI is InChI=1S/C14H13N.C3H8/c1-9-4-6-13-12(7-9)11-5-3-10(2)8-14(11)15-13;1-3-2/h3-8,15H,1-2H3;3H2,1-2H3. The van der Waals surface area contributed by atoms with Crippen molar-refractivity contribution in [1.29, 1.82) is 0 Å². The van der Waals surface area contributed by atoms with Crippen LogP contribution in [0.15, 0.2) is 36.4 Å². The van der Waals surface area contributed by atoms with E-state index in [0.717, 1.165) is 0 Å². The van der Waals surface area contributed by atoms with Crippen LogP contribution < -0.4 is 0 Å². The second-order valence-corrected chi connectivity index (χ2v) is 4.93. The lowest BCUT2D eigenvalue weighted by molar-refractivity contribution is 1.09. The van der Waals surface area contributed by atoms with Crippen LogP contribution in [-0.4, -0.2) is 4.98 Å². The maximum Gasteiger partial charge on any atom is 0.0467 e. The van der Waals surface area contributed by atoms with Gasteiger partial charge in [-0.15, -0.1) is 0 Å². The summed E-state index contributed by atoms with van der Waals surface area (Å²) in [5.74, 6) is 0. The highest BCUT2D eigenvalue weighted by Crippen LogP contribution is 2.26. The number of aryl methyl sites for hydroxylation is 2. The molecule has 0 spiro atoms. The molecule has 1 nitrogen and oxygen atoms in total. The van der Waals surface area contributed by atoms with E-state index in [9.17, 15) is 0 Å². The SMILES string of the molecule is CCC.Cc1ccc2c(c1)[nH]c1ccc(C)cc12. The maximum absolute atomic E-state index is 3.45. The van der Waals surface area contributed by atoms with Crippen LogP contribution in [0.4, 0.5) is 0 Å². The Morgan fingerprint density at radius 3 is 2.11 bits per heavy atom. The summed E-state index contributed by atoms with van der Waals surface area (Å²) in [4.78, 5) is 3.45. The van der Waals surface area contributed by atoms with Crippen molar-refractivity contribution in [2.45, 2.75) is 34.1 Å². The Morgan fingerprint density at radius 1 is 0.778 bits per heavy atom. The predicted molar refractivity (Wildman–Crippen MR) is 81.2 cm³/mol. The molecule has 18 heavy (non-hydrogen) atoms. The van der Waals surface area contributed by atoms with Crippen molar-refractivity contribution >= 4 is 21.8 Å². The minimum absolute atomic E-state index is 1.22. The van der Waals surface area contributed by atoms with E-state index in [0.29, 0.717) is 0 Å². The third-order valence-corrected chi connectivity index (χ3v) is 2.91. The Balaban J connectivity index is 0.000000367. The molecule has 1 aromatic heterocycles. The lowest BCUT2D eigenvalue weighted by Crippen LogP contribution is -1.71. The van der Waals surface area contributed by atoms with Gasteiger partial charge < -0.3 is 4.98 Å². The van der Waals surface area contributed by atoms with E-state index in [1.165, 1.54) is 39.4 Å². The largest absolute Gasteiger partial charge is 0.355 e. The van der Waals surface area contributed by atoms with Gasteiger partial charge in [-0.05, 0) is 37.6 Å². The first-order chi connectivity index (χ1) is 8.65. The first-order valence-electron chi connectivity index (χ1n) is 6.64. The summed E-state index contributed by atoms with van der Waals surface area (Å²) in [5, 5.41) is 2.64. The molecule has 0 fully saturated rings. The van der Waals surface area contributed by atoms with Gasteiger partial charge in [0.05, 0.1) is 0 Å². The van der Waals surface area contributed by atoms with Gasteiger partial charge in [-0.2, -0.15) is 0 Å². The average Bonchev–Trinajstić information content (AvgIpc) is 2.67. The Morgan fingerprint density at radius 2 is 1.39 bits per heavy atom. The van der Waals surface area contributed by atoms with Gasteiger partial charge in [-0.1, -0.05) is 44.0 Å². The molecule has 0 aliphatic heterocycles. The summed E-state index contributed by atoms with van der Waals surface area (Å²) in [7, 11) is 0. The van der Waals surface area contributed by atoms with Gasteiger partial charge in [0.2, 0.25) is 0 Å². The Bertz CT molecular complexity index is 662. The predicted octanol–water partition coefficient (Wildman–Crippen LogP) is 5.35. The van der Waals surface area contributed by atoms with Gasteiger partial charge in [0.1, 0.15) is 0 Å². The molecule has 0 radical (unpaired) electrons. The molecule has 0 unspecified atom stereocenters. The highest BCUT2D eigenvalue weighted by Gasteiger charge is 2.03. The van der Waals surface area contributed by atoms with Crippen LogP contribution in [-0.2, 0) is 0 Å². The number of fused-ring (bicyclic) bond motifs is 3. The molecule has 3 aromatic rings. The van der Waals surface area contributed by atoms with Gasteiger partial charge in [0, 0.05) is 21.8 Å². The Kier molecular flexibility index (Phi) is 3.71. The first kappa shape index (κ1) is 12.7. The van der Waals surface area contributed by atoms with Crippen LogP contribution in [0.25, 0.3) is 21.8 Å². The van der Waals surface area contributed by atoms with E-state index in [-0.39, 0.29) is 0 Å². The van der Waals surface area contributed by atoms with Crippen LogP contribution >= 0.6 is 0 Å². The fourth-order valence-corrected chi connectivity index (χ4v) is 2.13. The first-order valence-corrected chi connectivity index (χ1v) is 6.64. The minimum atomic E-state index is 1.22. The van der Waals surface area contributed by atoms with E-state index in [2.05, 4.69) is 69.1 Å². The Hall–Kier alpha value is -1.76. The summed E-state index contributed by atoms with van der Waals surface area (Å²) in [6, 6.07) is 13.1. The third kappa shape index (κ3) is 2.40. The van der Waals surface area contributed by atoms with Crippen molar-refractivity contribution in [2.24, 2.45) is 0 Å². The number of aromatic amines is 1. The van der Waals surface area contributed by atoms with E-state index in [1.807, 2.05) is 0 Å². The average molecular weight is 239 g/mol. The molecule has 0 amide bonds. The molecule has 1 heteroatoms. The molecule has 0 aliphatic rings. The van der Waals surface area contributed by atoms with E-state index >= 15 is 0 Å². The van der Waals surface area contributed by atoms with Crippen molar-refractivity contribution in [3.05, 3.63) is 47.5 Å². The molecule has 2 aromatic carbocycles. The van der Waals surface area contributed by atoms with Crippen molar-refractivity contribution < 1.29 is 0 Å². The zero-order valence-corrected chi connectivity index (χ0v) is 11.7. The summed E-state index contributed by atoms with van der Waals surface area (Å²) >= 11 is 0. The van der Waals surface area contributed by atoms with Crippen molar-refractivity contribution in [3.63, 3.8) is 0 Å². The fraction of sp³-hybridized carbons (Fsp3) is 0.294. The normalized spacial score (nSPS) is 10.4. The zero-order chi connectivity index (χ0) is 13.1. The highest BCUT2D eigenvalue weighted by atomic mass is 14.7. The van der Waals surface area contributed by atoms with Crippen LogP contribution in [0, 0.1) is 13.8 Å². The molecule has 1 N–H and O–H groups in total. The number of H-pyrrole nitrogens is 1. The van der Waals surface area contributed by atoms with Gasteiger partial charge in [-0.3, -0.25) is 0 Å². The molecule has 0 atom stereocenters. The summed E-state index contributed by atoms with van der Waals surface area (Å²) in [6.45, 7) is 8.50. The van der Waals surface area contributed by atoms with Crippen molar-refractivity contribution in [2.75, 3.05) is 0 Å². The van der Waals surface area contributed by atoms with Crippen molar-refractivity contribution in [3.8, 4) is 0 Å². The van der Waals surface area contributed by atoms with Gasteiger partial charge in [0.15, 0.2) is 0 Å². The second kappa shape index (κ2) is 5.26. The number of benzene rings is 2. The lowest BCUT2D eigenvalue weighted by Gasteiger charge is -1.94. The number of hydrogen-bond acceptors (Lipinski definition) is 0. The molecule has 0 saturated heterocycles. The minimum Gasteiger partial charge on any atom is -0.355 e. The quantitative estimate of drug-likeness (QED) is 0.544. The van der Waals surface area contributed by atoms with Crippen LogP contribution in [0.3, 0.4) is 0 Å². The fourth-order valence-electron chi connectivity index (χ4n) is 2.13. The van der Waals surface area contributed by atoms with Gasteiger partial charge in [-0.25, -0.2) is 0 Å². The molecule has 3 rings (SSSR count). The summed E-state index contributed by atoms with van der Waals surface area (Å²) in [5.41, 5.74) is 5.06. The number of hydrogen-bond donors (Lipinski definition) is 1. The van der Waals surface area contributed by atoms with Crippen molar-refractivity contribution in [1.82, 2.24) is 4.98 Å². The molecule has 0 aliphatic carbocycles. The maximum atomic E-state index is 3.45. The number of nitrogens with one attached hydrogen (secondary N) is 1. The zero-order valence-electron chi connectivity index (χ0n) is 11.7. The number of aromatic nitrogens is 1. The Labute approximate surface area is 109 Å². The number of rotatable bonds is 0. The van der Waals surface area contributed by atoms with Crippen LogP contribution in [0.1, 0.15) is 31.4 Å². The molecule has 1 heterocycles. The smallest absolute Gasteiger partial charge is 0.0467 e. The highest BCUT2D eigenvalue weighted by molar-refractivity contribution is 6.07.